The molecular formula is C11H27NSi. The van der Waals surface area contributed by atoms with Gasteiger partial charge >= 0.3 is 0 Å². The molecule has 0 saturated heterocycles. The second-order valence-electron chi connectivity index (χ2n) is 5.18. The van der Waals surface area contributed by atoms with Crippen molar-refractivity contribution in [2.24, 2.45) is 5.73 Å². The smallest absolute Gasteiger partial charge is 0.0632 e. The normalized spacial score (nSPS) is 14.5. The van der Waals surface area contributed by atoms with Crippen LogP contribution < -0.4 is 5.73 Å². The molecule has 13 heavy (non-hydrogen) atoms. The molecule has 0 spiro atoms. The van der Waals surface area contributed by atoms with E-state index in [1.807, 2.05) is 0 Å². The number of unbranched alkanes of at least 4 members (excludes halogenated alkanes) is 4. The molecule has 0 radical (unpaired) electrons. The van der Waals surface area contributed by atoms with E-state index in [0.717, 1.165) is 0 Å². The molecule has 0 aromatic heterocycles. The monoisotopic (exact) mass is 201 g/mol. The van der Waals surface area contributed by atoms with Gasteiger partial charge in [0.1, 0.15) is 0 Å². The molecule has 0 fully saturated rings. The average Bonchev–Trinajstić information content (AvgIpc) is 2.02. The fourth-order valence-electron chi connectivity index (χ4n) is 1.40. The average molecular weight is 201 g/mol. The van der Waals surface area contributed by atoms with Crippen molar-refractivity contribution in [1.29, 1.82) is 0 Å². The van der Waals surface area contributed by atoms with E-state index in [-0.39, 0.29) is 0 Å². The van der Waals surface area contributed by atoms with Gasteiger partial charge in [-0.2, -0.15) is 0 Å². The predicted molar refractivity (Wildman–Crippen MR) is 64.7 cm³/mol. The third kappa shape index (κ3) is 7.26. The van der Waals surface area contributed by atoms with Gasteiger partial charge in [-0.25, -0.2) is 0 Å². The predicted octanol–water partition coefficient (Wildman–Crippen LogP) is 3.55. The van der Waals surface area contributed by atoms with Crippen molar-refractivity contribution >= 4 is 8.07 Å². The number of rotatable bonds is 7. The van der Waals surface area contributed by atoms with Crippen LogP contribution in [-0.4, -0.2) is 13.7 Å². The Morgan fingerprint density at radius 3 is 2.00 bits per heavy atom. The van der Waals surface area contributed by atoms with Gasteiger partial charge in [0.15, 0.2) is 0 Å². The SMILES string of the molecule is CCCCCCCC(N)[Si](C)(C)C. The van der Waals surface area contributed by atoms with Gasteiger partial charge in [0.05, 0.1) is 8.07 Å². The van der Waals surface area contributed by atoms with Gasteiger partial charge in [0, 0.05) is 0 Å². The molecule has 0 heterocycles. The van der Waals surface area contributed by atoms with E-state index in [1.165, 1.54) is 38.5 Å². The Morgan fingerprint density at radius 1 is 1.00 bits per heavy atom. The highest BCUT2D eigenvalue weighted by molar-refractivity contribution is 6.77. The van der Waals surface area contributed by atoms with E-state index in [4.69, 9.17) is 5.73 Å². The third-order valence-corrected chi connectivity index (χ3v) is 5.24. The standard InChI is InChI=1S/C11H27NSi/c1-5-6-7-8-9-10-11(12)13(2,3)4/h11H,5-10,12H2,1-4H3. The molecule has 80 valence electrons. The largest absolute Gasteiger partial charge is 0.330 e. The van der Waals surface area contributed by atoms with E-state index < -0.39 is 8.07 Å². The van der Waals surface area contributed by atoms with Gasteiger partial charge in [-0.1, -0.05) is 58.7 Å². The maximum atomic E-state index is 6.13. The van der Waals surface area contributed by atoms with Crippen LogP contribution in [0.3, 0.4) is 0 Å². The van der Waals surface area contributed by atoms with Crippen molar-refractivity contribution in [3.8, 4) is 0 Å². The van der Waals surface area contributed by atoms with E-state index in [2.05, 4.69) is 26.6 Å². The molecule has 0 aliphatic rings. The molecular weight excluding hydrogens is 174 g/mol. The first-order valence-corrected chi connectivity index (χ1v) is 9.31. The summed E-state index contributed by atoms with van der Waals surface area (Å²) in [5.41, 5.74) is 6.64. The molecule has 1 atom stereocenters. The molecule has 1 unspecified atom stereocenters. The lowest BCUT2D eigenvalue weighted by molar-refractivity contribution is 0.593. The Kier molecular flexibility index (Phi) is 6.69. The van der Waals surface area contributed by atoms with Crippen LogP contribution in [0.15, 0.2) is 0 Å². The number of hydrogen-bond acceptors (Lipinski definition) is 1. The summed E-state index contributed by atoms with van der Waals surface area (Å²) >= 11 is 0. The lowest BCUT2D eigenvalue weighted by Gasteiger charge is -2.24. The highest BCUT2D eigenvalue weighted by atomic mass is 28.3. The Hall–Kier alpha value is 0.177. The van der Waals surface area contributed by atoms with Gasteiger partial charge in [-0.15, -0.1) is 0 Å². The van der Waals surface area contributed by atoms with Crippen LogP contribution in [0.5, 0.6) is 0 Å². The molecule has 2 heteroatoms. The van der Waals surface area contributed by atoms with Crippen LogP contribution in [0.2, 0.25) is 19.6 Å². The van der Waals surface area contributed by atoms with E-state index >= 15 is 0 Å². The first-order chi connectivity index (χ1) is 5.98. The van der Waals surface area contributed by atoms with E-state index in [0.29, 0.717) is 5.67 Å². The van der Waals surface area contributed by atoms with Crippen molar-refractivity contribution in [3.05, 3.63) is 0 Å². The first-order valence-electron chi connectivity index (χ1n) is 5.74. The minimum absolute atomic E-state index is 0.508. The van der Waals surface area contributed by atoms with Crippen molar-refractivity contribution in [1.82, 2.24) is 0 Å². The van der Waals surface area contributed by atoms with Crippen LogP contribution in [0.4, 0.5) is 0 Å². The quantitative estimate of drug-likeness (QED) is 0.495. The molecule has 0 saturated carbocycles. The van der Waals surface area contributed by atoms with Crippen molar-refractivity contribution in [2.45, 2.75) is 70.8 Å². The number of nitrogens with two attached hydrogens (primary N) is 1. The fourth-order valence-corrected chi connectivity index (χ4v) is 2.47. The van der Waals surface area contributed by atoms with Crippen LogP contribution in [0.25, 0.3) is 0 Å². The van der Waals surface area contributed by atoms with Crippen LogP contribution in [-0.2, 0) is 0 Å². The molecule has 0 bridgehead atoms. The Balaban J connectivity index is 3.32. The van der Waals surface area contributed by atoms with Crippen LogP contribution >= 0.6 is 0 Å². The zero-order valence-electron chi connectivity index (χ0n) is 9.90. The Morgan fingerprint density at radius 2 is 1.54 bits per heavy atom. The Bertz CT molecular complexity index is 118. The van der Waals surface area contributed by atoms with E-state index in [1.54, 1.807) is 0 Å². The molecule has 0 rings (SSSR count). The third-order valence-electron chi connectivity index (χ3n) is 2.73. The van der Waals surface area contributed by atoms with Gasteiger partial charge in [-0.3, -0.25) is 0 Å². The van der Waals surface area contributed by atoms with Crippen molar-refractivity contribution < 1.29 is 0 Å². The molecule has 0 aromatic rings. The van der Waals surface area contributed by atoms with Crippen molar-refractivity contribution in [2.75, 3.05) is 0 Å². The second-order valence-corrected chi connectivity index (χ2v) is 10.6. The fraction of sp³-hybridized carbons (Fsp3) is 1.00. The summed E-state index contributed by atoms with van der Waals surface area (Å²) in [4.78, 5) is 0. The second kappa shape index (κ2) is 6.60. The maximum Gasteiger partial charge on any atom is 0.0632 e. The topological polar surface area (TPSA) is 26.0 Å². The molecule has 0 aromatic carbocycles. The van der Waals surface area contributed by atoms with Gasteiger partial charge < -0.3 is 5.73 Å². The highest BCUT2D eigenvalue weighted by Gasteiger charge is 2.21. The summed E-state index contributed by atoms with van der Waals surface area (Å²) in [6, 6.07) is 0. The van der Waals surface area contributed by atoms with Gasteiger partial charge in [0.2, 0.25) is 0 Å². The first kappa shape index (κ1) is 13.2. The minimum Gasteiger partial charge on any atom is -0.330 e. The summed E-state index contributed by atoms with van der Waals surface area (Å²) in [6.07, 6.45) is 8.09. The van der Waals surface area contributed by atoms with Gasteiger partial charge in [0.25, 0.3) is 0 Å². The summed E-state index contributed by atoms with van der Waals surface area (Å²) in [6.45, 7) is 9.35. The van der Waals surface area contributed by atoms with Gasteiger partial charge in [-0.05, 0) is 12.1 Å². The summed E-state index contributed by atoms with van der Waals surface area (Å²) in [5.74, 6) is 0. The zero-order valence-corrected chi connectivity index (χ0v) is 10.9. The molecule has 1 nitrogen and oxygen atoms in total. The molecule has 0 aliphatic carbocycles. The molecule has 2 N–H and O–H groups in total. The summed E-state index contributed by atoms with van der Waals surface area (Å²) in [7, 11) is -1.05. The summed E-state index contributed by atoms with van der Waals surface area (Å²) < 4.78 is 0. The van der Waals surface area contributed by atoms with Crippen LogP contribution in [0.1, 0.15) is 45.4 Å². The molecule has 0 aliphatic heterocycles. The van der Waals surface area contributed by atoms with E-state index in [9.17, 15) is 0 Å². The van der Waals surface area contributed by atoms with Crippen LogP contribution in [0, 0.1) is 0 Å². The molecule has 0 amide bonds. The van der Waals surface area contributed by atoms with Crippen molar-refractivity contribution in [3.63, 3.8) is 0 Å². The lowest BCUT2D eigenvalue weighted by Crippen LogP contribution is -2.44. The number of hydrogen-bond donors (Lipinski definition) is 1. The lowest BCUT2D eigenvalue weighted by atomic mass is 10.1. The highest BCUT2D eigenvalue weighted by Crippen LogP contribution is 2.13. The zero-order chi connectivity index (χ0) is 10.3. The summed E-state index contributed by atoms with van der Waals surface area (Å²) in [5, 5.41) is 0. The Labute approximate surface area is 85.1 Å². The minimum atomic E-state index is -1.05. The maximum absolute atomic E-state index is 6.13.